The Balaban J connectivity index is 1.95. The number of thiophene rings is 1. The van der Waals surface area contributed by atoms with Gasteiger partial charge in [0.15, 0.2) is 5.96 Å². The molecule has 2 rings (SSSR count). The van der Waals surface area contributed by atoms with Crippen LogP contribution in [0.2, 0.25) is 0 Å². The van der Waals surface area contributed by atoms with Crippen molar-refractivity contribution >= 4 is 17.3 Å². The minimum absolute atomic E-state index is 0.234. The topological polar surface area (TPSA) is 48.9 Å². The van der Waals surface area contributed by atoms with Crippen molar-refractivity contribution in [3.8, 4) is 0 Å². The van der Waals surface area contributed by atoms with E-state index in [1.54, 1.807) is 7.11 Å². The van der Waals surface area contributed by atoms with Gasteiger partial charge in [-0.2, -0.15) is 0 Å². The largest absolute Gasteiger partial charge is 0.383 e. The molecule has 0 amide bonds. The summed E-state index contributed by atoms with van der Waals surface area (Å²) in [6, 6.07) is 5.04. The molecule has 0 aliphatic carbocycles. The lowest BCUT2D eigenvalue weighted by molar-refractivity contribution is 0.140. The second-order valence-electron chi connectivity index (χ2n) is 6.70. The molecular weight excluding hydrogens is 320 g/mol. The summed E-state index contributed by atoms with van der Waals surface area (Å²) in [5, 5.41) is 9.05. The third-order valence-electron chi connectivity index (χ3n) is 4.62. The molecule has 2 N–H and O–H groups in total. The molecule has 0 spiro atoms. The van der Waals surface area contributed by atoms with Crippen LogP contribution in [0.1, 0.15) is 37.6 Å². The second kappa shape index (κ2) is 10.0. The summed E-state index contributed by atoms with van der Waals surface area (Å²) in [7, 11) is 3.54. The number of guanidine groups is 1. The monoisotopic (exact) mass is 352 g/mol. The van der Waals surface area contributed by atoms with Crippen molar-refractivity contribution in [2.45, 2.75) is 38.8 Å². The molecule has 24 heavy (non-hydrogen) atoms. The Hall–Kier alpha value is -1.11. The number of piperidine rings is 1. The summed E-state index contributed by atoms with van der Waals surface area (Å²) in [4.78, 5) is 8.39. The van der Waals surface area contributed by atoms with Crippen LogP contribution in [0.5, 0.6) is 0 Å². The minimum atomic E-state index is 0.234. The van der Waals surface area contributed by atoms with Crippen molar-refractivity contribution in [2.75, 3.05) is 40.4 Å². The summed E-state index contributed by atoms with van der Waals surface area (Å²) in [5.41, 5.74) is 0. The van der Waals surface area contributed by atoms with Crippen LogP contribution in [0, 0.1) is 5.92 Å². The zero-order chi connectivity index (χ0) is 17.4. The lowest BCUT2D eigenvalue weighted by Gasteiger charge is -2.36. The first kappa shape index (κ1) is 19.2. The molecule has 6 heteroatoms. The predicted molar refractivity (Wildman–Crippen MR) is 103 cm³/mol. The van der Waals surface area contributed by atoms with Crippen LogP contribution >= 0.6 is 11.3 Å². The Morgan fingerprint density at radius 1 is 1.46 bits per heavy atom. The van der Waals surface area contributed by atoms with E-state index in [9.17, 15) is 0 Å². The van der Waals surface area contributed by atoms with Crippen LogP contribution in [-0.2, 0) is 4.74 Å². The first-order chi connectivity index (χ1) is 11.6. The van der Waals surface area contributed by atoms with Crippen molar-refractivity contribution in [3.05, 3.63) is 22.4 Å². The molecule has 0 bridgehead atoms. The molecule has 1 aromatic rings. The van der Waals surface area contributed by atoms with Gasteiger partial charge in [0.05, 0.1) is 12.6 Å². The minimum Gasteiger partial charge on any atom is -0.383 e. The smallest absolute Gasteiger partial charge is 0.191 e. The normalized spacial score (nSPS) is 19.9. The van der Waals surface area contributed by atoms with E-state index in [0.717, 1.165) is 18.4 Å². The van der Waals surface area contributed by atoms with Gasteiger partial charge in [0.1, 0.15) is 0 Å². The number of ether oxygens (including phenoxy) is 1. The van der Waals surface area contributed by atoms with Crippen molar-refractivity contribution in [1.29, 1.82) is 0 Å². The fourth-order valence-corrected chi connectivity index (χ4v) is 4.00. The third-order valence-corrected chi connectivity index (χ3v) is 5.59. The molecule has 1 aliphatic rings. The number of hydrogen-bond acceptors (Lipinski definition) is 4. The number of likely N-dealkylation sites (tertiary alicyclic amines) is 1. The zero-order valence-corrected chi connectivity index (χ0v) is 16.2. The highest BCUT2D eigenvalue weighted by Gasteiger charge is 2.25. The first-order valence-corrected chi connectivity index (χ1v) is 9.75. The number of nitrogens with zero attached hydrogens (tertiary/aromatic N) is 2. The van der Waals surface area contributed by atoms with E-state index in [4.69, 9.17) is 4.74 Å². The summed E-state index contributed by atoms with van der Waals surface area (Å²) in [6.07, 6.45) is 2.58. The number of methoxy groups -OCH3 is 1. The Kier molecular flexibility index (Phi) is 8.02. The Bertz CT molecular complexity index is 483. The van der Waals surface area contributed by atoms with Gasteiger partial charge in [0, 0.05) is 31.6 Å². The van der Waals surface area contributed by atoms with Gasteiger partial charge < -0.3 is 15.4 Å². The van der Waals surface area contributed by atoms with Crippen molar-refractivity contribution in [3.63, 3.8) is 0 Å². The standard InChI is InChI=1S/C18H32N4OS/c1-14-7-9-22(10-8-14)16(17-6-5-11-24-17)12-20-18(19-3)21-15(2)13-23-4/h5-6,11,14-16H,7-10,12-13H2,1-4H3,(H2,19,20,21). The summed E-state index contributed by atoms with van der Waals surface area (Å²) in [5.74, 6) is 1.69. The number of nitrogens with one attached hydrogen (secondary N) is 2. The molecule has 1 fully saturated rings. The fourth-order valence-electron chi connectivity index (χ4n) is 3.14. The van der Waals surface area contributed by atoms with Crippen LogP contribution in [0.3, 0.4) is 0 Å². The molecule has 2 heterocycles. The van der Waals surface area contributed by atoms with Gasteiger partial charge in [-0.1, -0.05) is 13.0 Å². The van der Waals surface area contributed by atoms with Crippen LogP contribution in [0.4, 0.5) is 0 Å². The van der Waals surface area contributed by atoms with Crippen molar-refractivity contribution in [2.24, 2.45) is 10.9 Å². The Labute approximate surface area is 150 Å². The summed E-state index contributed by atoms with van der Waals surface area (Å²) in [6.45, 7) is 8.35. The van der Waals surface area contributed by atoms with Gasteiger partial charge in [-0.15, -0.1) is 11.3 Å². The maximum absolute atomic E-state index is 5.19. The van der Waals surface area contributed by atoms with E-state index >= 15 is 0 Å². The lowest BCUT2D eigenvalue weighted by atomic mass is 9.97. The number of hydrogen-bond donors (Lipinski definition) is 2. The first-order valence-electron chi connectivity index (χ1n) is 8.87. The molecule has 0 radical (unpaired) electrons. The van der Waals surface area contributed by atoms with Crippen molar-refractivity contribution < 1.29 is 4.74 Å². The predicted octanol–water partition coefficient (Wildman–Crippen LogP) is 2.72. The average Bonchev–Trinajstić information content (AvgIpc) is 3.10. The SMILES string of the molecule is CN=C(NCC(c1cccs1)N1CCC(C)CC1)NC(C)COC. The average molecular weight is 353 g/mol. The molecule has 0 aromatic carbocycles. The molecule has 1 aliphatic heterocycles. The highest BCUT2D eigenvalue weighted by molar-refractivity contribution is 7.10. The van der Waals surface area contributed by atoms with Crippen LogP contribution in [0.25, 0.3) is 0 Å². The summed E-state index contributed by atoms with van der Waals surface area (Å²) < 4.78 is 5.19. The quantitative estimate of drug-likeness (QED) is 0.585. The number of rotatable bonds is 7. The molecule has 0 saturated carbocycles. The third kappa shape index (κ3) is 5.76. The van der Waals surface area contributed by atoms with Crippen molar-refractivity contribution in [1.82, 2.24) is 15.5 Å². The van der Waals surface area contributed by atoms with E-state index in [-0.39, 0.29) is 6.04 Å². The van der Waals surface area contributed by atoms with E-state index in [1.807, 2.05) is 18.4 Å². The maximum atomic E-state index is 5.19. The maximum Gasteiger partial charge on any atom is 0.191 e. The van der Waals surface area contributed by atoms with Gasteiger partial charge in [-0.3, -0.25) is 9.89 Å². The molecule has 5 nitrogen and oxygen atoms in total. The molecule has 2 atom stereocenters. The molecule has 2 unspecified atom stereocenters. The lowest BCUT2D eigenvalue weighted by Crippen LogP contribution is -2.47. The molecule has 1 aromatic heterocycles. The van der Waals surface area contributed by atoms with Gasteiger partial charge in [0.25, 0.3) is 0 Å². The summed E-state index contributed by atoms with van der Waals surface area (Å²) >= 11 is 1.84. The van der Waals surface area contributed by atoms with Gasteiger partial charge in [0.2, 0.25) is 0 Å². The van der Waals surface area contributed by atoms with Gasteiger partial charge in [-0.05, 0) is 50.2 Å². The highest BCUT2D eigenvalue weighted by Crippen LogP contribution is 2.28. The van der Waals surface area contributed by atoms with E-state index in [1.165, 1.54) is 30.8 Å². The van der Waals surface area contributed by atoms with E-state index in [2.05, 4.69) is 51.9 Å². The Morgan fingerprint density at radius 2 is 2.21 bits per heavy atom. The molecule has 136 valence electrons. The van der Waals surface area contributed by atoms with E-state index < -0.39 is 0 Å². The Morgan fingerprint density at radius 3 is 2.79 bits per heavy atom. The second-order valence-corrected chi connectivity index (χ2v) is 7.68. The van der Waals surface area contributed by atoms with Crippen LogP contribution < -0.4 is 10.6 Å². The van der Waals surface area contributed by atoms with E-state index in [0.29, 0.717) is 12.6 Å². The van der Waals surface area contributed by atoms with Gasteiger partial charge in [-0.25, -0.2) is 0 Å². The number of aliphatic imine (C=N–C) groups is 1. The fraction of sp³-hybridized carbons (Fsp3) is 0.722. The highest BCUT2D eigenvalue weighted by atomic mass is 32.1. The zero-order valence-electron chi connectivity index (χ0n) is 15.4. The molecule has 1 saturated heterocycles. The van der Waals surface area contributed by atoms with Gasteiger partial charge >= 0.3 is 0 Å². The van der Waals surface area contributed by atoms with Crippen LogP contribution in [0.15, 0.2) is 22.5 Å². The van der Waals surface area contributed by atoms with Crippen LogP contribution in [-0.4, -0.2) is 57.3 Å². The molecular formula is C18H32N4OS.